The molecule has 0 aromatic rings. The average Bonchev–Trinajstić information content (AvgIpc) is 3.50. The Kier molecular flexibility index (Phi) is 59.2. The lowest BCUT2D eigenvalue weighted by molar-refractivity contribution is -0.302. The highest BCUT2D eigenvalue weighted by Crippen LogP contribution is 2.24. The molecule has 0 aromatic carbocycles. The Balaban J connectivity index is 2.10. The molecule has 7 unspecified atom stereocenters. The van der Waals surface area contributed by atoms with Gasteiger partial charge in [-0.15, -0.1) is 0 Å². The summed E-state index contributed by atoms with van der Waals surface area (Å²) in [5.74, 6) is -0.178. The Morgan fingerprint density at radius 3 is 1.04 bits per heavy atom. The van der Waals surface area contributed by atoms with E-state index in [1.807, 2.05) is 6.08 Å². The molecular weight excluding hydrogens is 1010 g/mol. The topological polar surface area (TPSA) is 149 Å². The summed E-state index contributed by atoms with van der Waals surface area (Å²) >= 11 is 0. The van der Waals surface area contributed by atoms with E-state index in [-0.39, 0.29) is 12.5 Å². The van der Waals surface area contributed by atoms with E-state index in [4.69, 9.17) is 9.47 Å². The van der Waals surface area contributed by atoms with Crippen LogP contribution < -0.4 is 5.32 Å². The summed E-state index contributed by atoms with van der Waals surface area (Å²) in [5.41, 5.74) is 0. The minimum absolute atomic E-state index is 0.178. The predicted molar refractivity (Wildman–Crippen MR) is 346 cm³/mol. The van der Waals surface area contributed by atoms with Crippen LogP contribution in [0.25, 0.3) is 0 Å². The van der Waals surface area contributed by atoms with Gasteiger partial charge in [0.2, 0.25) is 5.91 Å². The molecule has 1 heterocycles. The van der Waals surface area contributed by atoms with E-state index in [2.05, 4.69) is 31.3 Å². The van der Waals surface area contributed by atoms with Gasteiger partial charge in [-0.25, -0.2) is 0 Å². The third-order valence-electron chi connectivity index (χ3n) is 17.5. The third-order valence-corrected chi connectivity index (χ3v) is 17.5. The van der Waals surface area contributed by atoms with Crippen LogP contribution in [0.15, 0.2) is 24.3 Å². The van der Waals surface area contributed by atoms with Crippen molar-refractivity contribution in [3.8, 4) is 0 Å². The number of unbranched alkanes of at least 4 members (excludes halogenated alkanes) is 52. The summed E-state index contributed by atoms with van der Waals surface area (Å²) in [6.45, 7) is 3.83. The van der Waals surface area contributed by atoms with Crippen LogP contribution >= 0.6 is 0 Å². The van der Waals surface area contributed by atoms with Crippen LogP contribution in [0.5, 0.6) is 0 Å². The molecule has 0 radical (unpaired) electrons. The number of aliphatic hydroxyl groups excluding tert-OH is 5. The molecule has 0 aromatic heterocycles. The van der Waals surface area contributed by atoms with Crippen LogP contribution in [0.4, 0.5) is 0 Å². The molecule has 0 aliphatic carbocycles. The molecule has 1 aliphatic rings. The Morgan fingerprint density at radius 2 is 0.704 bits per heavy atom. The maximum atomic E-state index is 13.1. The number of hydrogen-bond donors (Lipinski definition) is 6. The summed E-state index contributed by atoms with van der Waals surface area (Å²) in [7, 11) is 0. The smallest absolute Gasteiger partial charge is 0.220 e. The van der Waals surface area contributed by atoms with Gasteiger partial charge in [-0.2, -0.15) is 0 Å². The summed E-state index contributed by atoms with van der Waals surface area (Å²) in [5, 5.41) is 54.7. The standard InChI is InChI=1S/C72H139NO8/c1-3-5-7-9-11-13-15-17-19-21-23-25-27-29-30-31-32-33-34-35-36-37-38-40-42-44-46-48-50-52-54-56-58-60-62-68(76)73-65(64-80-72-71(79)70(78)69(77)67(63-74)81-72)66(75)61-59-57-55-53-51-49-47-45-43-41-39-28-26-24-22-20-18-16-14-12-10-8-6-4-2/h51,53,59,61,65-67,69-72,74-75,77-79H,3-50,52,54-58,60,62-64H2,1-2H3,(H,73,76)/b53-51+,61-59+. The number of hydrogen-bond acceptors (Lipinski definition) is 8. The SMILES string of the molecule is CCCCCCCCCCCCCCCCCCCC/C=C/CC/C=C/C(O)C(COC1OC(CO)C(O)C(O)C1O)NC(=O)CCCCCCCCCCCCCCCCCCCCCCCCCCCCCCCCCCCC. The number of allylic oxidation sites excluding steroid dienone is 3. The monoisotopic (exact) mass is 1150 g/mol. The molecule has 1 rings (SSSR count). The maximum Gasteiger partial charge on any atom is 0.220 e. The highest BCUT2D eigenvalue weighted by Gasteiger charge is 2.44. The van der Waals surface area contributed by atoms with Crippen molar-refractivity contribution >= 4 is 5.91 Å². The van der Waals surface area contributed by atoms with Crippen molar-refractivity contribution < 1.29 is 39.8 Å². The Hall–Kier alpha value is -1.33. The van der Waals surface area contributed by atoms with E-state index in [1.165, 1.54) is 315 Å². The lowest BCUT2D eigenvalue weighted by atomic mass is 9.99. The van der Waals surface area contributed by atoms with Crippen molar-refractivity contribution in [1.82, 2.24) is 5.32 Å². The van der Waals surface area contributed by atoms with Gasteiger partial charge in [0.05, 0.1) is 25.4 Å². The van der Waals surface area contributed by atoms with E-state index in [0.29, 0.717) is 6.42 Å². The van der Waals surface area contributed by atoms with Gasteiger partial charge in [0, 0.05) is 6.42 Å². The zero-order valence-corrected chi connectivity index (χ0v) is 53.8. The molecule has 1 fully saturated rings. The zero-order chi connectivity index (χ0) is 58.6. The number of aliphatic hydroxyl groups is 5. The first kappa shape index (κ1) is 77.7. The maximum absolute atomic E-state index is 13.1. The zero-order valence-electron chi connectivity index (χ0n) is 53.8. The van der Waals surface area contributed by atoms with Crippen molar-refractivity contribution in [3.05, 3.63) is 24.3 Å². The largest absolute Gasteiger partial charge is 0.394 e. The van der Waals surface area contributed by atoms with Gasteiger partial charge in [-0.1, -0.05) is 359 Å². The number of nitrogens with one attached hydrogen (secondary N) is 1. The first-order chi connectivity index (χ1) is 39.8. The van der Waals surface area contributed by atoms with Crippen LogP contribution in [-0.2, 0) is 14.3 Å². The number of carbonyl (C=O) groups excluding carboxylic acids is 1. The summed E-state index contributed by atoms with van der Waals surface area (Å²) < 4.78 is 11.3. The summed E-state index contributed by atoms with van der Waals surface area (Å²) in [6, 6.07) is -0.820. The minimum atomic E-state index is -1.57. The highest BCUT2D eigenvalue weighted by molar-refractivity contribution is 5.76. The van der Waals surface area contributed by atoms with Gasteiger partial charge in [0.25, 0.3) is 0 Å². The molecule has 9 nitrogen and oxygen atoms in total. The average molecular weight is 1150 g/mol. The second-order valence-electron chi connectivity index (χ2n) is 25.4. The third kappa shape index (κ3) is 50.5. The van der Waals surface area contributed by atoms with Gasteiger partial charge in [0.1, 0.15) is 24.4 Å². The summed E-state index contributed by atoms with van der Waals surface area (Å²) in [6.07, 6.45) is 74.5. The fourth-order valence-corrected chi connectivity index (χ4v) is 11.9. The number of rotatable bonds is 64. The molecule has 81 heavy (non-hydrogen) atoms. The van der Waals surface area contributed by atoms with Crippen molar-refractivity contribution in [2.45, 2.75) is 416 Å². The molecular formula is C72H139NO8. The normalized spacial score (nSPS) is 18.4. The lowest BCUT2D eigenvalue weighted by Crippen LogP contribution is -2.60. The van der Waals surface area contributed by atoms with Crippen molar-refractivity contribution in [2.24, 2.45) is 0 Å². The molecule has 0 spiro atoms. The van der Waals surface area contributed by atoms with Crippen LogP contribution in [0.3, 0.4) is 0 Å². The Labute approximate surface area is 502 Å². The molecule has 6 N–H and O–H groups in total. The summed E-state index contributed by atoms with van der Waals surface area (Å²) in [4.78, 5) is 13.1. The minimum Gasteiger partial charge on any atom is -0.394 e. The molecule has 0 saturated carbocycles. The van der Waals surface area contributed by atoms with Crippen LogP contribution in [0.2, 0.25) is 0 Å². The molecule has 480 valence electrons. The molecule has 7 atom stereocenters. The first-order valence-corrected chi connectivity index (χ1v) is 36.1. The fraction of sp³-hybridized carbons (Fsp3) is 0.931. The lowest BCUT2D eigenvalue weighted by Gasteiger charge is -2.40. The van der Waals surface area contributed by atoms with E-state index in [9.17, 15) is 30.3 Å². The van der Waals surface area contributed by atoms with Crippen molar-refractivity contribution in [3.63, 3.8) is 0 Å². The van der Waals surface area contributed by atoms with Crippen LogP contribution in [0, 0.1) is 0 Å². The van der Waals surface area contributed by atoms with E-state index in [1.54, 1.807) is 6.08 Å². The Bertz CT molecular complexity index is 1330. The van der Waals surface area contributed by atoms with Gasteiger partial charge in [-0.05, 0) is 32.1 Å². The first-order valence-electron chi connectivity index (χ1n) is 36.1. The number of ether oxygens (including phenoxy) is 2. The van der Waals surface area contributed by atoms with Gasteiger partial charge in [0.15, 0.2) is 6.29 Å². The van der Waals surface area contributed by atoms with E-state index < -0.39 is 49.5 Å². The highest BCUT2D eigenvalue weighted by atomic mass is 16.7. The van der Waals surface area contributed by atoms with E-state index in [0.717, 1.165) is 38.5 Å². The van der Waals surface area contributed by atoms with Gasteiger partial charge >= 0.3 is 0 Å². The second-order valence-corrected chi connectivity index (χ2v) is 25.4. The van der Waals surface area contributed by atoms with Gasteiger partial charge in [-0.3, -0.25) is 4.79 Å². The van der Waals surface area contributed by atoms with Crippen LogP contribution in [-0.4, -0.2) is 87.5 Å². The number of carbonyl (C=O) groups is 1. The molecule has 9 heteroatoms. The Morgan fingerprint density at radius 1 is 0.407 bits per heavy atom. The molecule has 0 bridgehead atoms. The molecule has 1 aliphatic heterocycles. The van der Waals surface area contributed by atoms with Crippen molar-refractivity contribution in [1.29, 1.82) is 0 Å². The number of amides is 1. The molecule has 1 saturated heterocycles. The predicted octanol–water partition coefficient (Wildman–Crippen LogP) is 19.6. The molecule has 1 amide bonds. The second kappa shape index (κ2) is 61.7. The van der Waals surface area contributed by atoms with Gasteiger partial charge < -0.3 is 40.3 Å². The van der Waals surface area contributed by atoms with E-state index >= 15 is 0 Å². The van der Waals surface area contributed by atoms with Crippen LogP contribution in [0.1, 0.15) is 373 Å². The fourth-order valence-electron chi connectivity index (χ4n) is 11.9. The quantitative estimate of drug-likeness (QED) is 0.0261. The van der Waals surface area contributed by atoms with Crippen molar-refractivity contribution in [2.75, 3.05) is 13.2 Å².